The van der Waals surface area contributed by atoms with E-state index in [-0.39, 0.29) is 23.4 Å². The first-order chi connectivity index (χ1) is 16.9. The largest absolute Gasteiger partial charge is 0.451 e. The number of pyridine rings is 1. The maximum atomic E-state index is 14.2. The normalized spacial score (nSPS) is 18.8. The molecule has 1 N–H and O–H groups in total. The van der Waals surface area contributed by atoms with Gasteiger partial charge >= 0.3 is 6.18 Å². The number of aromatic nitrogens is 3. The van der Waals surface area contributed by atoms with Gasteiger partial charge in [-0.3, -0.25) is 9.78 Å². The molecule has 0 aliphatic carbocycles. The number of amides is 1. The summed E-state index contributed by atoms with van der Waals surface area (Å²) in [6.07, 6.45) is -1.85. The lowest BCUT2D eigenvalue weighted by Gasteiger charge is -2.23. The summed E-state index contributed by atoms with van der Waals surface area (Å²) >= 11 is 0. The molecule has 3 aromatic rings. The third-order valence-corrected chi connectivity index (χ3v) is 7.32. The summed E-state index contributed by atoms with van der Waals surface area (Å²) in [5.41, 5.74) is 1.10. The van der Waals surface area contributed by atoms with E-state index < -0.39 is 52.5 Å². The molecule has 190 valence electrons. The maximum absolute atomic E-state index is 14.2. The molecular weight excluding hydrogens is 509 g/mol. The van der Waals surface area contributed by atoms with Crippen molar-refractivity contribution in [1.82, 2.24) is 24.6 Å². The molecule has 0 bridgehead atoms. The molecule has 0 spiro atoms. The highest BCUT2D eigenvalue weighted by molar-refractivity contribution is 7.89. The van der Waals surface area contributed by atoms with Crippen LogP contribution in [0.4, 0.5) is 22.0 Å². The number of nitrogens with one attached hydrogen (secondary N) is 1. The zero-order chi connectivity index (χ0) is 26.1. The predicted molar refractivity (Wildman–Crippen MR) is 116 cm³/mol. The van der Waals surface area contributed by atoms with Gasteiger partial charge in [-0.2, -0.15) is 17.5 Å². The van der Waals surface area contributed by atoms with Crippen LogP contribution in [0.1, 0.15) is 17.8 Å². The lowest BCUT2D eigenvalue weighted by molar-refractivity contribution is -0.145. The Balaban J connectivity index is 1.46. The summed E-state index contributed by atoms with van der Waals surface area (Å²) in [5, 5.41) is 2.54. The van der Waals surface area contributed by atoms with Crippen LogP contribution in [0.5, 0.6) is 0 Å². The third-order valence-electron chi connectivity index (χ3n) is 5.43. The molecule has 4 rings (SSSR count). The van der Waals surface area contributed by atoms with Crippen molar-refractivity contribution in [3.63, 3.8) is 0 Å². The van der Waals surface area contributed by atoms with Crippen LogP contribution < -0.4 is 5.32 Å². The standard InChI is InChI=1S/C22H18F5N5O3S/c23-16-1-3-18(4-2-16)36(34,35)32-12-17(24)6-19(32)20(33)29-8-13-5-14(9-28-7-13)15-10-30-21(31-11-15)22(25,26)27/h1-5,7,9-11,17,19H,6,8,12H2,(H,29,33). The number of halogens is 5. The van der Waals surface area contributed by atoms with Crippen molar-refractivity contribution in [2.24, 2.45) is 0 Å². The Morgan fingerprint density at radius 1 is 1.06 bits per heavy atom. The molecular formula is C22H18F5N5O3S. The van der Waals surface area contributed by atoms with E-state index in [4.69, 9.17) is 0 Å². The van der Waals surface area contributed by atoms with E-state index in [9.17, 15) is 35.2 Å². The summed E-state index contributed by atoms with van der Waals surface area (Å²) < 4.78 is 92.0. The number of rotatable bonds is 6. The number of nitrogens with zero attached hydrogens (tertiary/aromatic N) is 4. The zero-order valence-electron chi connectivity index (χ0n) is 18.3. The second-order valence-electron chi connectivity index (χ2n) is 7.97. The first-order valence-corrected chi connectivity index (χ1v) is 11.9. The summed E-state index contributed by atoms with van der Waals surface area (Å²) in [4.78, 5) is 23.1. The van der Waals surface area contributed by atoms with Crippen molar-refractivity contribution < 1.29 is 35.2 Å². The van der Waals surface area contributed by atoms with E-state index >= 15 is 0 Å². The zero-order valence-corrected chi connectivity index (χ0v) is 19.1. The predicted octanol–water partition coefficient (Wildman–Crippen LogP) is 3.11. The second kappa shape index (κ2) is 9.85. The fourth-order valence-corrected chi connectivity index (χ4v) is 5.30. The Morgan fingerprint density at radius 2 is 1.72 bits per heavy atom. The Kier molecular flexibility index (Phi) is 7.00. The number of hydrogen-bond acceptors (Lipinski definition) is 6. The lowest BCUT2D eigenvalue weighted by atomic mass is 10.1. The molecule has 1 saturated heterocycles. The van der Waals surface area contributed by atoms with Gasteiger partial charge in [-0.05, 0) is 35.9 Å². The summed E-state index contributed by atoms with van der Waals surface area (Å²) in [7, 11) is -4.26. The van der Waals surface area contributed by atoms with Crippen LogP contribution in [-0.4, -0.2) is 52.3 Å². The summed E-state index contributed by atoms with van der Waals surface area (Å²) in [5.74, 6) is -2.68. The molecule has 0 radical (unpaired) electrons. The minimum Gasteiger partial charge on any atom is -0.351 e. The van der Waals surface area contributed by atoms with E-state index in [2.05, 4.69) is 20.3 Å². The van der Waals surface area contributed by atoms with Gasteiger partial charge < -0.3 is 5.32 Å². The Hall–Kier alpha value is -3.52. The van der Waals surface area contributed by atoms with Crippen molar-refractivity contribution in [3.05, 3.63) is 72.3 Å². The molecule has 8 nitrogen and oxygen atoms in total. The molecule has 1 aromatic carbocycles. The van der Waals surface area contributed by atoms with Gasteiger partial charge in [0.15, 0.2) is 0 Å². The van der Waals surface area contributed by atoms with E-state index in [0.717, 1.165) is 41.0 Å². The molecule has 2 atom stereocenters. The van der Waals surface area contributed by atoms with Crippen molar-refractivity contribution in [2.45, 2.75) is 36.3 Å². The number of carbonyl (C=O) groups excluding carboxylic acids is 1. The number of hydrogen-bond donors (Lipinski definition) is 1. The minimum atomic E-state index is -4.68. The number of alkyl halides is 4. The summed E-state index contributed by atoms with van der Waals surface area (Å²) in [6.45, 7) is -0.637. The van der Waals surface area contributed by atoms with Crippen LogP contribution in [0, 0.1) is 5.82 Å². The van der Waals surface area contributed by atoms with Crippen LogP contribution in [0.3, 0.4) is 0 Å². The molecule has 36 heavy (non-hydrogen) atoms. The van der Waals surface area contributed by atoms with E-state index in [0.29, 0.717) is 11.1 Å². The Morgan fingerprint density at radius 3 is 2.36 bits per heavy atom. The molecule has 0 saturated carbocycles. The Labute approximate surface area is 202 Å². The molecule has 1 amide bonds. The number of carbonyl (C=O) groups is 1. The highest BCUT2D eigenvalue weighted by Crippen LogP contribution is 2.29. The highest BCUT2D eigenvalue weighted by Gasteiger charge is 2.44. The molecule has 3 heterocycles. The van der Waals surface area contributed by atoms with Crippen LogP contribution in [-0.2, 0) is 27.5 Å². The van der Waals surface area contributed by atoms with Gasteiger partial charge in [0.25, 0.3) is 0 Å². The minimum absolute atomic E-state index is 0.112. The molecule has 2 aromatic heterocycles. The van der Waals surface area contributed by atoms with Gasteiger partial charge in [0, 0.05) is 55.4 Å². The third kappa shape index (κ3) is 5.49. The SMILES string of the molecule is O=C(NCc1cncc(-c2cnc(C(F)(F)F)nc2)c1)C1CC(F)CN1S(=O)(=O)c1ccc(F)cc1. The van der Waals surface area contributed by atoms with E-state index in [1.54, 1.807) is 6.07 Å². The highest BCUT2D eigenvalue weighted by atomic mass is 32.2. The lowest BCUT2D eigenvalue weighted by Crippen LogP contribution is -2.45. The molecule has 1 fully saturated rings. The van der Waals surface area contributed by atoms with Gasteiger partial charge in [-0.25, -0.2) is 27.2 Å². The van der Waals surface area contributed by atoms with Gasteiger partial charge in [-0.1, -0.05) is 0 Å². The average Bonchev–Trinajstić information content (AvgIpc) is 3.25. The summed E-state index contributed by atoms with van der Waals surface area (Å²) in [6, 6.07) is 4.19. The van der Waals surface area contributed by atoms with Gasteiger partial charge in [0.05, 0.1) is 4.90 Å². The van der Waals surface area contributed by atoms with Gasteiger partial charge in [0.2, 0.25) is 21.8 Å². The van der Waals surface area contributed by atoms with Crippen molar-refractivity contribution in [1.29, 1.82) is 0 Å². The van der Waals surface area contributed by atoms with Crippen molar-refractivity contribution in [3.8, 4) is 11.1 Å². The molecule has 1 aliphatic rings. The fraction of sp³-hybridized carbons (Fsp3) is 0.273. The Bertz CT molecular complexity index is 1350. The second-order valence-corrected chi connectivity index (χ2v) is 9.86. The fourth-order valence-electron chi connectivity index (χ4n) is 3.67. The number of sulfonamides is 1. The maximum Gasteiger partial charge on any atom is 0.451 e. The average molecular weight is 527 g/mol. The topological polar surface area (TPSA) is 105 Å². The first-order valence-electron chi connectivity index (χ1n) is 10.5. The number of benzene rings is 1. The molecule has 2 unspecified atom stereocenters. The van der Waals surface area contributed by atoms with Crippen molar-refractivity contribution in [2.75, 3.05) is 6.54 Å². The molecule has 14 heteroatoms. The van der Waals surface area contributed by atoms with Crippen LogP contribution >= 0.6 is 0 Å². The smallest absolute Gasteiger partial charge is 0.351 e. The van der Waals surface area contributed by atoms with Crippen LogP contribution in [0.25, 0.3) is 11.1 Å². The van der Waals surface area contributed by atoms with Gasteiger partial charge in [0.1, 0.15) is 18.0 Å². The van der Waals surface area contributed by atoms with E-state index in [1.807, 2.05) is 0 Å². The first kappa shape index (κ1) is 25.6. The van der Waals surface area contributed by atoms with Crippen LogP contribution in [0.15, 0.2) is 60.0 Å². The quantitative estimate of drug-likeness (QED) is 0.494. The van der Waals surface area contributed by atoms with Crippen LogP contribution in [0.2, 0.25) is 0 Å². The monoisotopic (exact) mass is 527 g/mol. The van der Waals surface area contributed by atoms with Gasteiger partial charge in [-0.15, -0.1) is 0 Å². The molecule has 1 aliphatic heterocycles. The van der Waals surface area contributed by atoms with E-state index in [1.165, 1.54) is 12.4 Å². The van der Waals surface area contributed by atoms with Crippen molar-refractivity contribution >= 4 is 15.9 Å².